The predicted molar refractivity (Wildman–Crippen MR) is 100 cm³/mol. The van der Waals surface area contributed by atoms with E-state index in [4.69, 9.17) is 10.5 Å². The number of rotatable bonds is 2. The molecule has 1 aliphatic heterocycles. The van der Waals surface area contributed by atoms with Gasteiger partial charge in [-0.2, -0.15) is 15.8 Å². The van der Waals surface area contributed by atoms with Gasteiger partial charge < -0.3 is 15.4 Å². The van der Waals surface area contributed by atoms with Gasteiger partial charge in [-0.3, -0.25) is 4.79 Å². The van der Waals surface area contributed by atoms with Crippen molar-refractivity contribution in [2.45, 2.75) is 12.8 Å². The van der Waals surface area contributed by atoms with E-state index in [-0.39, 0.29) is 17.2 Å². The van der Waals surface area contributed by atoms with E-state index in [2.05, 4.69) is 23.1 Å². The molecule has 0 saturated heterocycles. The maximum absolute atomic E-state index is 11.2. The first-order valence-electron chi connectivity index (χ1n) is 8.78. The lowest BCUT2D eigenvalue weighted by Gasteiger charge is -2.45. The average Bonchev–Trinajstić information content (AvgIpc) is 2.68. The molecule has 1 aliphatic carbocycles. The Morgan fingerprint density at radius 1 is 1.25 bits per heavy atom. The molecule has 0 aromatic heterocycles. The van der Waals surface area contributed by atoms with Gasteiger partial charge >= 0.3 is 5.97 Å². The Bertz CT molecular complexity index is 987. The van der Waals surface area contributed by atoms with Crippen LogP contribution in [0.4, 0.5) is 0 Å². The smallest absolute Gasteiger partial charge is 0.308 e. The third-order valence-electron chi connectivity index (χ3n) is 5.35. The topological polar surface area (TPSA) is 127 Å². The number of allylic oxidation sites excluding steroid dienone is 2. The van der Waals surface area contributed by atoms with Crippen molar-refractivity contribution < 1.29 is 9.53 Å². The molecule has 2 unspecified atom stereocenters. The summed E-state index contributed by atoms with van der Waals surface area (Å²) in [6, 6.07) is 13.0. The third kappa shape index (κ3) is 2.91. The van der Waals surface area contributed by atoms with E-state index in [1.165, 1.54) is 6.92 Å². The van der Waals surface area contributed by atoms with Crippen LogP contribution < -0.4 is 10.5 Å². The molecule has 0 bridgehead atoms. The molecule has 0 saturated carbocycles. The molecule has 2 aliphatic rings. The largest absolute Gasteiger partial charge is 0.427 e. The van der Waals surface area contributed by atoms with Crippen LogP contribution in [0, 0.1) is 45.3 Å². The summed E-state index contributed by atoms with van der Waals surface area (Å²) in [6.07, 6.45) is 1.94. The minimum atomic E-state index is -1.66. The summed E-state index contributed by atoms with van der Waals surface area (Å²) < 4.78 is 5.07. The SMILES string of the molecule is CC(=O)Oc1ccc(C2C3CN(C)CC=C3C(C#N)=C(N)C2(C#N)C#N)cc1. The minimum absolute atomic E-state index is 0.00103. The fourth-order valence-corrected chi connectivity index (χ4v) is 4.11. The van der Waals surface area contributed by atoms with Crippen molar-refractivity contribution in [3.8, 4) is 24.0 Å². The summed E-state index contributed by atoms with van der Waals surface area (Å²) in [5.74, 6) is -0.845. The first kappa shape index (κ1) is 19.2. The van der Waals surface area contributed by atoms with Crippen molar-refractivity contribution in [2.75, 3.05) is 20.1 Å². The lowest BCUT2D eigenvalue weighted by atomic mass is 9.58. The number of hydrogen-bond donors (Lipinski definition) is 1. The average molecular weight is 373 g/mol. The van der Waals surface area contributed by atoms with Gasteiger partial charge in [0.2, 0.25) is 0 Å². The zero-order valence-corrected chi connectivity index (χ0v) is 15.6. The van der Waals surface area contributed by atoms with Gasteiger partial charge in [-0.1, -0.05) is 18.2 Å². The molecule has 0 radical (unpaired) electrons. The van der Waals surface area contributed by atoms with E-state index in [1.54, 1.807) is 24.3 Å². The van der Waals surface area contributed by atoms with Crippen LogP contribution in [0.15, 0.2) is 47.2 Å². The second-order valence-electron chi connectivity index (χ2n) is 7.06. The Morgan fingerprint density at radius 2 is 1.89 bits per heavy atom. The molecule has 1 aromatic rings. The minimum Gasteiger partial charge on any atom is -0.427 e. The van der Waals surface area contributed by atoms with Crippen LogP contribution in [0.1, 0.15) is 18.4 Å². The Balaban J connectivity index is 2.21. The van der Waals surface area contributed by atoms with Crippen LogP contribution in [-0.4, -0.2) is 31.0 Å². The van der Waals surface area contributed by atoms with E-state index in [0.717, 1.165) is 11.1 Å². The number of likely N-dealkylation sites (N-methyl/N-ethyl adjacent to an activating group) is 1. The summed E-state index contributed by atoms with van der Waals surface area (Å²) in [4.78, 5) is 13.2. The molecule has 7 heteroatoms. The molecule has 7 nitrogen and oxygen atoms in total. The molecule has 28 heavy (non-hydrogen) atoms. The summed E-state index contributed by atoms with van der Waals surface area (Å²) in [5, 5.41) is 29.6. The Morgan fingerprint density at radius 3 is 2.43 bits per heavy atom. The molecule has 3 rings (SSSR count). The van der Waals surface area contributed by atoms with Crippen molar-refractivity contribution in [2.24, 2.45) is 17.1 Å². The molecule has 2 atom stereocenters. The maximum Gasteiger partial charge on any atom is 0.308 e. The summed E-state index contributed by atoms with van der Waals surface area (Å²) >= 11 is 0. The number of carbonyl (C=O) groups is 1. The first-order chi connectivity index (χ1) is 13.4. The second kappa shape index (κ2) is 7.19. The van der Waals surface area contributed by atoms with Gasteiger partial charge in [-0.05, 0) is 30.3 Å². The molecular weight excluding hydrogens is 354 g/mol. The zero-order chi connectivity index (χ0) is 20.5. The van der Waals surface area contributed by atoms with Crippen molar-refractivity contribution in [1.82, 2.24) is 4.90 Å². The third-order valence-corrected chi connectivity index (χ3v) is 5.35. The van der Waals surface area contributed by atoms with Crippen LogP contribution in [-0.2, 0) is 4.79 Å². The van der Waals surface area contributed by atoms with E-state index >= 15 is 0 Å². The Kier molecular flexibility index (Phi) is 4.92. The van der Waals surface area contributed by atoms with Crippen LogP contribution >= 0.6 is 0 Å². The van der Waals surface area contributed by atoms with E-state index in [0.29, 0.717) is 18.8 Å². The normalized spacial score (nSPS) is 23.5. The summed E-state index contributed by atoms with van der Waals surface area (Å²) in [7, 11) is 1.95. The van der Waals surface area contributed by atoms with E-state index in [9.17, 15) is 20.6 Å². The highest BCUT2D eigenvalue weighted by Crippen LogP contribution is 2.54. The molecule has 1 aromatic carbocycles. The molecule has 140 valence electrons. The predicted octanol–water partition coefficient (Wildman–Crippen LogP) is 1.97. The highest BCUT2D eigenvalue weighted by atomic mass is 16.5. The molecule has 0 spiro atoms. The fourth-order valence-electron chi connectivity index (χ4n) is 4.11. The van der Waals surface area contributed by atoms with Crippen molar-refractivity contribution >= 4 is 5.97 Å². The maximum atomic E-state index is 11.2. The van der Waals surface area contributed by atoms with Crippen LogP contribution in [0.5, 0.6) is 5.75 Å². The number of esters is 1. The van der Waals surface area contributed by atoms with Crippen LogP contribution in [0.25, 0.3) is 0 Å². The standard InChI is InChI=1S/C21H19N5O2/c1-13(27)28-15-5-3-14(4-6-15)19-18-10-26(2)8-7-16(18)17(9-22)20(25)21(19,11-23)12-24/h3-7,18-19H,8,10,25H2,1-2H3. The van der Waals surface area contributed by atoms with Crippen molar-refractivity contribution in [1.29, 1.82) is 15.8 Å². The van der Waals surface area contributed by atoms with Gasteiger partial charge in [-0.25, -0.2) is 0 Å². The quantitative estimate of drug-likeness (QED) is 0.620. The number of ether oxygens (including phenoxy) is 1. The molecule has 0 amide bonds. The van der Waals surface area contributed by atoms with Gasteiger partial charge in [0.15, 0.2) is 5.41 Å². The molecule has 0 fully saturated rings. The highest BCUT2D eigenvalue weighted by Gasteiger charge is 2.54. The number of carbonyl (C=O) groups excluding carboxylic acids is 1. The number of nitrogens with two attached hydrogens (primary N) is 1. The molecular formula is C21H19N5O2. The van der Waals surface area contributed by atoms with Gasteiger partial charge in [0, 0.05) is 31.8 Å². The molecule has 1 heterocycles. The monoisotopic (exact) mass is 373 g/mol. The van der Waals surface area contributed by atoms with Gasteiger partial charge in [0.1, 0.15) is 11.8 Å². The highest BCUT2D eigenvalue weighted by molar-refractivity contribution is 5.69. The Hall–Kier alpha value is -3.60. The number of nitriles is 3. The summed E-state index contributed by atoms with van der Waals surface area (Å²) in [6.45, 7) is 2.57. The number of benzene rings is 1. The number of fused-ring (bicyclic) bond motifs is 1. The van der Waals surface area contributed by atoms with E-state index < -0.39 is 17.3 Å². The first-order valence-corrected chi connectivity index (χ1v) is 8.78. The Labute approximate surface area is 163 Å². The molecule has 2 N–H and O–H groups in total. The van der Waals surface area contributed by atoms with Crippen molar-refractivity contribution in [3.05, 3.63) is 52.7 Å². The van der Waals surface area contributed by atoms with Gasteiger partial charge in [0.25, 0.3) is 0 Å². The summed E-state index contributed by atoms with van der Waals surface area (Å²) in [5.41, 5.74) is 6.33. The second-order valence-corrected chi connectivity index (χ2v) is 7.06. The van der Waals surface area contributed by atoms with Gasteiger partial charge in [-0.15, -0.1) is 0 Å². The lowest BCUT2D eigenvalue weighted by Crippen LogP contribution is -2.47. The van der Waals surface area contributed by atoms with Crippen LogP contribution in [0.2, 0.25) is 0 Å². The fraction of sp³-hybridized carbons (Fsp3) is 0.333. The number of nitrogens with zero attached hydrogens (tertiary/aromatic N) is 4. The van der Waals surface area contributed by atoms with Gasteiger partial charge in [0.05, 0.1) is 23.4 Å². The lowest BCUT2D eigenvalue weighted by molar-refractivity contribution is -0.131. The van der Waals surface area contributed by atoms with Crippen molar-refractivity contribution in [3.63, 3.8) is 0 Å². The van der Waals surface area contributed by atoms with Crippen LogP contribution in [0.3, 0.4) is 0 Å². The number of hydrogen-bond acceptors (Lipinski definition) is 7. The van der Waals surface area contributed by atoms with E-state index in [1.807, 2.05) is 13.1 Å². The zero-order valence-electron chi connectivity index (χ0n) is 15.6.